The first kappa shape index (κ1) is 20.1. The second kappa shape index (κ2) is 8.95. The summed E-state index contributed by atoms with van der Waals surface area (Å²) < 4.78 is 18.2. The van der Waals surface area contributed by atoms with Crippen molar-refractivity contribution in [2.45, 2.75) is 32.0 Å². The fourth-order valence-electron chi connectivity index (χ4n) is 1.98. The maximum Gasteiger partial charge on any atom is 0.317 e. The number of aromatic nitrogens is 2. The molecule has 2 aromatic rings. The minimum Gasteiger partial charge on any atom is -0.452 e. The van der Waals surface area contributed by atoms with E-state index >= 15 is 0 Å². The lowest BCUT2D eigenvalue weighted by Crippen LogP contribution is -2.30. The van der Waals surface area contributed by atoms with Gasteiger partial charge in [-0.1, -0.05) is 23.4 Å². The number of amides is 1. The number of nitrogens with zero attached hydrogens (tertiary/aromatic N) is 2. The van der Waals surface area contributed by atoms with Crippen LogP contribution in [0.1, 0.15) is 18.3 Å². The van der Waals surface area contributed by atoms with Gasteiger partial charge in [0.2, 0.25) is 0 Å². The van der Waals surface area contributed by atoms with Crippen LogP contribution in [0.25, 0.3) is 0 Å². The molecule has 2 rings (SSSR count). The van der Waals surface area contributed by atoms with E-state index in [-0.39, 0.29) is 10.8 Å². The van der Waals surface area contributed by atoms with E-state index in [1.165, 1.54) is 19.1 Å². The van der Waals surface area contributed by atoms with Gasteiger partial charge in [-0.15, -0.1) is 0 Å². The van der Waals surface area contributed by atoms with Gasteiger partial charge >= 0.3 is 5.97 Å². The lowest BCUT2D eigenvalue weighted by atomic mass is 10.3. The van der Waals surface area contributed by atoms with Gasteiger partial charge < -0.3 is 10.1 Å². The maximum absolute atomic E-state index is 13.1. The molecule has 1 heterocycles. The lowest BCUT2D eigenvalue weighted by Gasteiger charge is -2.13. The molecule has 0 saturated heterocycles. The first-order valence-electron chi connectivity index (χ1n) is 7.65. The monoisotopic (exact) mass is 397 g/mol. The number of esters is 1. The van der Waals surface area contributed by atoms with Crippen molar-refractivity contribution in [3.05, 3.63) is 46.5 Å². The lowest BCUT2D eigenvalue weighted by molar-refractivity contribution is -0.150. The standard InChI is InChI=1S/C17H17ClFN3O3S/c1-9-6-10(2)21-17(20-9)26-8-15(23)25-11(3)16(24)22-12-4-5-14(19)13(18)7-12/h4-7,11H,8H2,1-3H3,(H,22,24)/t11-/m0/s1. The van der Waals surface area contributed by atoms with Crippen LogP contribution in [0.4, 0.5) is 10.1 Å². The van der Waals surface area contributed by atoms with E-state index in [0.29, 0.717) is 10.8 Å². The number of ether oxygens (including phenoxy) is 1. The number of nitrogens with one attached hydrogen (secondary N) is 1. The average molecular weight is 398 g/mol. The summed E-state index contributed by atoms with van der Waals surface area (Å²) in [5.74, 6) is -1.73. The number of rotatable bonds is 6. The third-order valence-electron chi connectivity index (χ3n) is 3.15. The summed E-state index contributed by atoms with van der Waals surface area (Å²) >= 11 is 6.79. The molecule has 26 heavy (non-hydrogen) atoms. The average Bonchev–Trinajstić information content (AvgIpc) is 2.55. The topological polar surface area (TPSA) is 81.2 Å². The van der Waals surface area contributed by atoms with Crippen LogP contribution in [-0.4, -0.2) is 33.7 Å². The Kier molecular flexibility index (Phi) is 6.93. The van der Waals surface area contributed by atoms with E-state index in [4.69, 9.17) is 16.3 Å². The summed E-state index contributed by atoms with van der Waals surface area (Å²) in [5, 5.41) is 2.86. The Morgan fingerprint density at radius 2 is 1.92 bits per heavy atom. The number of halogens is 2. The second-order valence-electron chi connectivity index (χ2n) is 5.47. The van der Waals surface area contributed by atoms with Crippen LogP contribution >= 0.6 is 23.4 Å². The van der Waals surface area contributed by atoms with E-state index in [1.807, 2.05) is 19.9 Å². The van der Waals surface area contributed by atoms with Crippen LogP contribution in [0.2, 0.25) is 5.02 Å². The van der Waals surface area contributed by atoms with Crippen LogP contribution in [-0.2, 0) is 14.3 Å². The maximum atomic E-state index is 13.1. The minimum atomic E-state index is -1.02. The molecule has 0 spiro atoms. The molecule has 1 N–H and O–H groups in total. The molecule has 0 aliphatic rings. The van der Waals surface area contributed by atoms with Gasteiger partial charge in [0.25, 0.3) is 5.91 Å². The van der Waals surface area contributed by atoms with E-state index in [9.17, 15) is 14.0 Å². The highest BCUT2D eigenvalue weighted by Crippen LogP contribution is 2.20. The zero-order chi connectivity index (χ0) is 19.3. The van der Waals surface area contributed by atoms with Crippen molar-refractivity contribution < 1.29 is 18.7 Å². The fourth-order valence-corrected chi connectivity index (χ4v) is 2.90. The molecule has 0 bridgehead atoms. The number of carbonyl (C=O) groups is 2. The number of benzene rings is 1. The Morgan fingerprint density at radius 3 is 2.54 bits per heavy atom. The van der Waals surface area contributed by atoms with Gasteiger partial charge in [0.05, 0.1) is 10.8 Å². The summed E-state index contributed by atoms with van der Waals surface area (Å²) in [7, 11) is 0. The fraction of sp³-hybridized carbons (Fsp3) is 0.294. The SMILES string of the molecule is Cc1cc(C)nc(SCC(=O)O[C@@H](C)C(=O)Nc2ccc(F)c(Cl)c2)n1. The highest BCUT2D eigenvalue weighted by molar-refractivity contribution is 7.99. The van der Waals surface area contributed by atoms with Crippen molar-refractivity contribution in [2.24, 2.45) is 0 Å². The summed E-state index contributed by atoms with van der Waals surface area (Å²) in [6.45, 7) is 5.12. The van der Waals surface area contributed by atoms with Crippen LogP contribution in [0.15, 0.2) is 29.4 Å². The second-order valence-corrected chi connectivity index (χ2v) is 6.82. The molecule has 0 fully saturated rings. The molecule has 0 aliphatic heterocycles. The summed E-state index contributed by atoms with van der Waals surface area (Å²) in [6, 6.07) is 5.60. The van der Waals surface area contributed by atoms with Gasteiger partial charge in [-0.2, -0.15) is 0 Å². The van der Waals surface area contributed by atoms with Crippen molar-refractivity contribution in [3.8, 4) is 0 Å². The Labute approximate surface area is 159 Å². The predicted molar refractivity (Wildman–Crippen MR) is 97.8 cm³/mol. The predicted octanol–water partition coefficient (Wildman–Crippen LogP) is 3.55. The van der Waals surface area contributed by atoms with Gasteiger partial charge in [0.1, 0.15) is 5.82 Å². The quantitative estimate of drug-likeness (QED) is 0.456. The third-order valence-corrected chi connectivity index (χ3v) is 4.26. The molecule has 1 atom stereocenters. The molecule has 9 heteroatoms. The largest absolute Gasteiger partial charge is 0.452 e. The minimum absolute atomic E-state index is 0.0249. The molecular weight excluding hydrogens is 381 g/mol. The molecule has 6 nitrogen and oxygen atoms in total. The van der Waals surface area contributed by atoms with E-state index in [0.717, 1.165) is 29.2 Å². The van der Waals surface area contributed by atoms with Crippen molar-refractivity contribution in [1.82, 2.24) is 9.97 Å². The molecule has 0 radical (unpaired) electrons. The highest BCUT2D eigenvalue weighted by atomic mass is 35.5. The first-order chi connectivity index (χ1) is 12.2. The van der Waals surface area contributed by atoms with Crippen molar-refractivity contribution in [1.29, 1.82) is 0 Å². The number of hydrogen-bond donors (Lipinski definition) is 1. The molecule has 1 aromatic heterocycles. The summed E-state index contributed by atoms with van der Waals surface area (Å²) in [4.78, 5) is 32.4. The van der Waals surface area contributed by atoms with Crippen LogP contribution in [0.3, 0.4) is 0 Å². The Morgan fingerprint density at radius 1 is 1.27 bits per heavy atom. The zero-order valence-electron chi connectivity index (χ0n) is 14.4. The van der Waals surface area contributed by atoms with E-state index < -0.39 is 23.8 Å². The van der Waals surface area contributed by atoms with Crippen molar-refractivity contribution >= 4 is 40.9 Å². The normalized spacial score (nSPS) is 11.7. The number of hydrogen-bond acceptors (Lipinski definition) is 6. The van der Waals surface area contributed by atoms with Crippen LogP contribution < -0.4 is 5.32 Å². The van der Waals surface area contributed by atoms with Gasteiger partial charge in [-0.25, -0.2) is 14.4 Å². The van der Waals surface area contributed by atoms with Gasteiger partial charge in [-0.05, 0) is 45.0 Å². The van der Waals surface area contributed by atoms with E-state index in [1.54, 1.807) is 0 Å². The van der Waals surface area contributed by atoms with E-state index in [2.05, 4.69) is 15.3 Å². The number of thioether (sulfide) groups is 1. The molecule has 138 valence electrons. The number of carbonyl (C=O) groups excluding carboxylic acids is 2. The first-order valence-corrected chi connectivity index (χ1v) is 9.01. The van der Waals surface area contributed by atoms with Gasteiger partial charge in [0.15, 0.2) is 11.3 Å². The highest BCUT2D eigenvalue weighted by Gasteiger charge is 2.19. The summed E-state index contributed by atoms with van der Waals surface area (Å²) in [6.07, 6.45) is -1.02. The Balaban J connectivity index is 1.85. The molecular formula is C17H17ClFN3O3S. The zero-order valence-corrected chi connectivity index (χ0v) is 15.9. The molecule has 0 aliphatic carbocycles. The number of aryl methyl sites for hydroxylation is 2. The van der Waals surface area contributed by atoms with Gasteiger partial charge in [-0.3, -0.25) is 9.59 Å². The van der Waals surface area contributed by atoms with Crippen LogP contribution in [0.5, 0.6) is 0 Å². The molecule has 0 unspecified atom stereocenters. The van der Waals surface area contributed by atoms with Crippen molar-refractivity contribution in [3.63, 3.8) is 0 Å². The van der Waals surface area contributed by atoms with Crippen LogP contribution in [0, 0.1) is 19.7 Å². The smallest absolute Gasteiger partial charge is 0.317 e. The number of anilines is 1. The van der Waals surface area contributed by atoms with Crippen molar-refractivity contribution in [2.75, 3.05) is 11.1 Å². The third kappa shape index (κ3) is 5.96. The Hall–Kier alpha value is -2.19. The summed E-state index contributed by atoms with van der Waals surface area (Å²) in [5.41, 5.74) is 1.92. The molecule has 1 amide bonds. The van der Waals surface area contributed by atoms with Gasteiger partial charge in [0, 0.05) is 17.1 Å². The molecule has 0 saturated carbocycles. The molecule has 1 aromatic carbocycles. The Bertz CT molecular complexity index is 815.